The predicted molar refractivity (Wildman–Crippen MR) is 120 cm³/mol. The average Bonchev–Trinajstić information content (AvgIpc) is 3.31. The van der Waals surface area contributed by atoms with Gasteiger partial charge in [-0.15, -0.1) is 0 Å². The molecule has 4 rings (SSSR count). The van der Waals surface area contributed by atoms with Crippen LogP contribution in [0.4, 0.5) is 11.4 Å². The quantitative estimate of drug-likeness (QED) is 0.655. The number of aromatic nitrogens is 2. The number of nitrogens with zero attached hydrogens (tertiary/aromatic N) is 3. The van der Waals surface area contributed by atoms with Gasteiger partial charge in [-0.2, -0.15) is 0 Å². The fourth-order valence-electron chi connectivity index (χ4n) is 3.94. The molecule has 2 heterocycles. The van der Waals surface area contributed by atoms with E-state index in [1.165, 1.54) is 24.8 Å². The van der Waals surface area contributed by atoms with E-state index in [2.05, 4.69) is 21.3 Å². The van der Waals surface area contributed by atoms with Crippen molar-refractivity contribution < 1.29 is 13.2 Å². The number of imidazole rings is 1. The number of benzene rings is 2. The van der Waals surface area contributed by atoms with Crippen LogP contribution in [0.5, 0.6) is 0 Å². The van der Waals surface area contributed by atoms with E-state index in [1.54, 1.807) is 4.57 Å². The standard InChI is InChI=1S/C22H26N4O3S/c1-16-13-17(25-11-5-6-12-25)9-10-18(16)24-22(27)14-26-20-8-4-3-7-19(20)23-21(26)15-30(2,28)29/h3-4,7-10,13H,5-6,11-12,14-15H2,1-2H3,(H,24,27). The number of fused-ring (bicyclic) bond motifs is 1. The third kappa shape index (κ3) is 4.48. The summed E-state index contributed by atoms with van der Waals surface area (Å²) in [6.45, 7) is 4.12. The molecule has 158 valence electrons. The van der Waals surface area contributed by atoms with Gasteiger partial charge in [0.1, 0.15) is 18.1 Å². The van der Waals surface area contributed by atoms with Crippen molar-refractivity contribution in [2.75, 3.05) is 29.6 Å². The fraction of sp³-hybridized carbons (Fsp3) is 0.364. The van der Waals surface area contributed by atoms with Gasteiger partial charge in [0.2, 0.25) is 5.91 Å². The molecule has 2 aromatic carbocycles. The van der Waals surface area contributed by atoms with Crippen molar-refractivity contribution in [1.29, 1.82) is 0 Å². The van der Waals surface area contributed by atoms with Crippen LogP contribution in [0.1, 0.15) is 24.2 Å². The number of anilines is 2. The summed E-state index contributed by atoms with van der Waals surface area (Å²) >= 11 is 0. The molecule has 0 radical (unpaired) electrons. The summed E-state index contributed by atoms with van der Waals surface area (Å²) in [6.07, 6.45) is 3.60. The molecule has 0 aliphatic carbocycles. The van der Waals surface area contributed by atoms with E-state index in [0.717, 1.165) is 29.9 Å². The summed E-state index contributed by atoms with van der Waals surface area (Å²) in [7, 11) is -3.28. The number of aryl methyl sites for hydroxylation is 1. The number of sulfone groups is 1. The van der Waals surface area contributed by atoms with Crippen LogP contribution < -0.4 is 10.2 Å². The Morgan fingerprint density at radius 3 is 2.57 bits per heavy atom. The summed E-state index contributed by atoms with van der Waals surface area (Å²) < 4.78 is 25.3. The molecule has 0 unspecified atom stereocenters. The molecule has 1 amide bonds. The molecule has 7 nitrogen and oxygen atoms in total. The van der Waals surface area contributed by atoms with Crippen molar-refractivity contribution in [3.63, 3.8) is 0 Å². The van der Waals surface area contributed by atoms with Crippen LogP contribution in [0.2, 0.25) is 0 Å². The van der Waals surface area contributed by atoms with E-state index in [9.17, 15) is 13.2 Å². The number of para-hydroxylation sites is 2. The smallest absolute Gasteiger partial charge is 0.244 e. The maximum absolute atomic E-state index is 12.8. The first-order chi connectivity index (χ1) is 14.3. The molecule has 0 bridgehead atoms. The molecule has 1 fully saturated rings. The maximum atomic E-state index is 12.8. The second kappa shape index (κ2) is 8.10. The van der Waals surface area contributed by atoms with Crippen LogP contribution in [0.3, 0.4) is 0 Å². The first kappa shape index (κ1) is 20.4. The summed E-state index contributed by atoms with van der Waals surface area (Å²) in [6, 6.07) is 13.4. The van der Waals surface area contributed by atoms with E-state index < -0.39 is 9.84 Å². The van der Waals surface area contributed by atoms with Gasteiger partial charge in [0.25, 0.3) is 0 Å². The Kier molecular flexibility index (Phi) is 5.51. The molecule has 3 aromatic rings. The molecule has 30 heavy (non-hydrogen) atoms. The van der Waals surface area contributed by atoms with Gasteiger partial charge in [-0.05, 0) is 55.7 Å². The summed E-state index contributed by atoms with van der Waals surface area (Å²) in [5.41, 5.74) is 4.36. The third-order valence-electron chi connectivity index (χ3n) is 5.38. The Morgan fingerprint density at radius 1 is 1.13 bits per heavy atom. The largest absolute Gasteiger partial charge is 0.372 e. The minimum atomic E-state index is -3.28. The Labute approximate surface area is 176 Å². The van der Waals surface area contributed by atoms with Gasteiger partial charge in [-0.3, -0.25) is 4.79 Å². The van der Waals surface area contributed by atoms with E-state index >= 15 is 0 Å². The van der Waals surface area contributed by atoms with Crippen LogP contribution in [-0.2, 0) is 26.9 Å². The SMILES string of the molecule is Cc1cc(N2CCCC2)ccc1NC(=O)Cn1c(CS(C)(=O)=O)nc2ccccc21. The van der Waals surface area contributed by atoms with Gasteiger partial charge in [0.05, 0.1) is 11.0 Å². The second-order valence-electron chi connectivity index (χ2n) is 7.91. The zero-order valence-electron chi connectivity index (χ0n) is 17.3. The van der Waals surface area contributed by atoms with Crippen molar-refractivity contribution in [1.82, 2.24) is 9.55 Å². The molecule has 1 aromatic heterocycles. The van der Waals surface area contributed by atoms with E-state index in [-0.39, 0.29) is 18.2 Å². The van der Waals surface area contributed by atoms with Gasteiger partial charge < -0.3 is 14.8 Å². The zero-order chi connectivity index (χ0) is 21.3. The average molecular weight is 427 g/mol. The van der Waals surface area contributed by atoms with Crippen molar-refractivity contribution in [2.45, 2.75) is 32.1 Å². The lowest BCUT2D eigenvalue weighted by atomic mass is 10.1. The fourth-order valence-corrected chi connectivity index (χ4v) is 4.63. The summed E-state index contributed by atoms with van der Waals surface area (Å²) in [5, 5.41) is 2.97. The van der Waals surface area contributed by atoms with Gasteiger partial charge in [0, 0.05) is 30.7 Å². The first-order valence-corrected chi connectivity index (χ1v) is 12.1. The third-order valence-corrected chi connectivity index (χ3v) is 6.16. The molecule has 1 N–H and O–H groups in total. The molecule has 1 aliphatic rings. The van der Waals surface area contributed by atoms with Crippen molar-refractivity contribution in [3.8, 4) is 0 Å². The lowest BCUT2D eigenvalue weighted by Crippen LogP contribution is -2.22. The number of hydrogen-bond donors (Lipinski definition) is 1. The zero-order valence-corrected chi connectivity index (χ0v) is 18.1. The lowest BCUT2D eigenvalue weighted by molar-refractivity contribution is -0.116. The Balaban J connectivity index is 1.55. The van der Waals surface area contributed by atoms with Gasteiger partial charge in [-0.25, -0.2) is 13.4 Å². The molecular weight excluding hydrogens is 400 g/mol. The predicted octanol–water partition coefficient (Wildman–Crippen LogP) is 3.13. The second-order valence-corrected chi connectivity index (χ2v) is 10.1. The number of nitrogens with one attached hydrogen (secondary N) is 1. The van der Waals surface area contributed by atoms with Gasteiger partial charge >= 0.3 is 0 Å². The Hall–Kier alpha value is -2.87. The summed E-state index contributed by atoms with van der Waals surface area (Å²) in [5.74, 6) is -0.0571. The van der Waals surface area contributed by atoms with Crippen LogP contribution >= 0.6 is 0 Å². The number of carbonyl (C=O) groups excluding carboxylic acids is 1. The molecule has 8 heteroatoms. The van der Waals surface area contributed by atoms with Crippen LogP contribution in [0.25, 0.3) is 11.0 Å². The van der Waals surface area contributed by atoms with Crippen molar-refractivity contribution in [3.05, 3.63) is 53.9 Å². The summed E-state index contributed by atoms with van der Waals surface area (Å²) in [4.78, 5) is 19.6. The van der Waals surface area contributed by atoms with E-state index in [4.69, 9.17) is 0 Å². The van der Waals surface area contributed by atoms with E-state index in [0.29, 0.717) is 11.3 Å². The normalized spacial score (nSPS) is 14.4. The molecule has 0 spiro atoms. The van der Waals surface area contributed by atoms with E-state index in [1.807, 2.05) is 43.3 Å². The van der Waals surface area contributed by atoms with Crippen LogP contribution in [0, 0.1) is 6.92 Å². The molecule has 1 saturated heterocycles. The van der Waals surface area contributed by atoms with Gasteiger partial charge in [-0.1, -0.05) is 12.1 Å². The monoisotopic (exact) mass is 426 g/mol. The highest BCUT2D eigenvalue weighted by Crippen LogP contribution is 2.26. The number of carbonyl (C=O) groups is 1. The number of rotatable bonds is 6. The van der Waals surface area contributed by atoms with Crippen LogP contribution in [-0.4, -0.2) is 43.2 Å². The van der Waals surface area contributed by atoms with Crippen molar-refractivity contribution >= 4 is 38.2 Å². The maximum Gasteiger partial charge on any atom is 0.244 e. The minimum absolute atomic E-state index is 0.00131. The lowest BCUT2D eigenvalue weighted by Gasteiger charge is -2.19. The number of hydrogen-bond acceptors (Lipinski definition) is 5. The van der Waals surface area contributed by atoms with Gasteiger partial charge in [0.15, 0.2) is 9.84 Å². The highest BCUT2D eigenvalue weighted by Gasteiger charge is 2.18. The molecule has 1 aliphatic heterocycles. The Bertz CT molecular complexity index is 1190. The van der Waals surface area contributed by atoms with Crippen LogP contribution in [0.15, 0.2) is 42.5 Å². The highest BCUT2D eigenvalue weighted by atomic mass is 32.2. The minimum Gasteiger partial charge on any atom is -0.372 e. The molecule has 0 atom stereocenters. The number of amides is 1. The first-order valence-electron chi connectivity index (χ1n) is 10.1. The van der Waals surface area contributed by atoms with Crippen molar-refractivity contribution in [2.24, 2.45) is 0 Å². The molecule has 0 saturated carbocycles. The molecular formula is C22H26N4O3S. The topological polar surface area (TPSA) is 84.3 Å². The highest BCUT2D eigenvalue weighted by molar-refractivity contribution is 7.89. The Morgan fingerprint density at radius 2 is 1.87 bits per heavy atom.